The zero-order chi connectivity index (χ0) is 25.1. The van der Waals surface area contributed by atoms with Gasteiger partial charge in [-0.25, -0.2) is 9.37 Å². The molecule has 1 saturated heterocycles. The molecule has 8 heteroatoms. The van der Waals surface area contributed by atoms with E-state index in [0.717, 1.165) is 23.2 Å². The summed E-state index contributed by atoms with van der Waals surface area (Å²) in [7, 11) is 0. The number of amides is 1. The van der Waals surface area contributed by atoms with Crippen molar-refractivity contribution >= 4 is 11.9 Å². The van der Waals surface area contributed by atoms with Crippen molar-refractivity contribution in [2.24, 2.45) is 0 Å². The van der Waals surface area contributed by atoms with E-state index in [4.69, 9.17) is 19.4 Å². The van der Waals surface area contributed by atoms with Crippen LogP contribution in [0, 0.1) is 12.7 Å². The number of carbonyl (C=O) groups excluding carboxylic acids is 1. The molecular weight excluding hydrogens is 459 g/mol. The monoisotopic (exact) mass is 490 g/mol. The molecule has 0 aliphatic carbocycles. The molecule has 0 N–H and O–H groups in total. The van der Waals surface area contributed by atoms with Crippen LogP contribution in [-0.2, 0) is 22.5 Å². The maximum atomic E-state index is 13.9. The molecule has 3 heterocycles. The van der Waals surface area contributed by atoms with Gasteiger partial charge in [0.2, 0.25) is 17.7 Å². The van der Waals surface area contributed by atoms with E-state index in [0.29, 0.717) is 69.0 Å². The van der Waals surface area contributed by atoms with Crippen LogP contribution in [0.4, 0.5) is 10.3 Å². The second-order valence-electron chi connectivity index (χ2n) is 9.25. The summed E-state index contributed by atoms with van der Waals surface area (Å²) in [5.41, 5.74) is 3.20. The highest BCUT2D eigenvalue weighted by atomic mass is 19.1. The molecule has 36 heavy (non-hydrogen) atoms. The second kappa shape index (κ2) is 10.6. The number of aromatic nitrogens is 2. The van der Waals surface area contributed by atoms with Crippen LogP contribution < -0.4 is 9.64 Å². The predicted molar refractivity (Wildman–Crippen MR) is 135 cm³/mol. The van der Waals surface area contributed by atoms with Crippen molar-refractivity contribution in [1.82, 2.24) is 14.9 Å². The van der Waals surface area contributed by atoms with Crippen molar-refractivity contribution < 1.29 is 18.7 Å². The highest BCUT2D eigenvalue weighted by molar-refractivity contribution is 5.84. The number of ether oxygens (including phenoxy) is 2. The van der Waals surface area contributed by atoms with Gasteiger partial charge in [0.25, 0.3) is 0 Å². The van der Waals surface area contributed by atoms with Gasteiger partial charge >= 0.3 is 0 Å². The van der Waals surface area contributed by atoms with Gasteiger partial charge in [-0.05, 0) is 42.7 Å². The van der Waals surface area contributed by atoms with E-state index in [1.165, 1.54) is 6.07 Å². The Morgan fingerprint density at radius 3 is 2.61 bits per heavy atom. The zero-order valence-corrected chi connectivity index (χ0v) is 20.7. The summed E-state index contributed by atoms with van der Waals surface area (Å²) in [6.07, 6.45) is 1.34. The van der Waals surface area contributed by atoms with Crippen LogP contribution in [0.15, 0.2) is 48.5 Å². The molecule has 2 aliphatic rings. The first kappa shape index (κ1) is 24.2. The maximum absolute atomic E-state index is 13.9. The smallest absolute Gasteiger partial charge is 0.230 e. The second-order valence-corrected chi connectivity index (χ2v) is 9.25. The number of anilines is 1. The first-order valence-electron chi connectivity index (χ1n) is 12.5. The largest absolute Gasteiger partial charge is 0.438 e. The van der Waals surface area contributed by atoms with Crippen molar-refractivity contribution in [3.63, 3.8) is 0 Å². The lowest BCUT2D eigenvalue weighted by Gasteiger charge is -2.33. The van der Waals surface area contributed by atoms with Crippen LogP contribution >= 0.6 is 0 Å². The van der Waals surface area contributed by atoms with Crippen LogP contribution in [0.2, 0.25) is 0 Å². The SMILES string of the molecule is CCC(C(=O)N1CCc2nc(N3CCOCC3)nc(Oc3ccc(F)c(C)c3)c2C1)c1ccccc1. The molecule has 5 rings (SSSR count). The van der Waals surface area contributed by atoms with Gasteiger partial charge in [0.15, 0.2) is 0 Å². The normalized spacial score (nSPS) is 16.4. The molecule has 0 radical (unpaired) electrons. The Labute approximate surface area is 210 Å². The van der Waals surface area contributed by atoms with E-state index in [9.17, 15) is 9.18 Å². The number of nitrogens with zero attached hydrogens (tertiary/aromatic N) is 4. The summed E-state index contributed by atoms with van der Waals surface area (Å²) in [5, 5.41) is 0. The number of carbonyl (C=O) groups is 1. The van der Waals surface area contributed by atoms with Crippen molar-refractivity contribution in [3.8, 4) is 11.6 Å². The first-order chi connectivity index (χ1) is 17.5. The highest BCUT2D eigenvalue weighted by Gasteiger charge is 2.31. The Bertz CT molecular complexity index is 1230. The van der Waals surface area contributed by atoms with Crippen LogP contribution in [0.1, 0.15) is 41.6 Å². The summed E-state index contributed by atoms with van der Waals surface area (Å²) >= 11 is 0. The average Bonchev–Trinajstić information content (AvgIpc) is 2.92. The molecule has 1 atom stereocenters. The number of rotatable bonds is 6. The van der Waals surface area contributed by atoms with Gasteiger partial charge < -0.3 is 19.3 Å². The Morgan fingerprint density at radius 2 is 1.89 bits per heavy atom. The van der Waals surface area contributed by atoms with Crippen molar-refractivity contribution in [2.75, 3.05) is 37.7 Å². The van der Waals surface area contributed by atoms with Crippen LogP contribution in [0.5, 0.6) is 11.6 Å². The van der Waals surface area contributed by atoms with Crippen LogP contribution in [0.25, 0.3) is 0 Å². The molecule has 0 saturated carbocycles. The molecule has 1 amide bonds. The number of benzene rings is 2. The summed E-state index contributed by atoms with van der Waals surface area (Å²) in [5.74, 6) is 1.12. The molecule has 3 aromatic rings. The number of hydrogen-bond acceptors (Lipinski definition) is 6. The minimum Gasteiger partial charge on any atom is -0.438 e. The van der Waals surface area contributed by atoms with E-state index in [2.05, 4.69) is 4.90 Å². The molecule has 188 valence electrons. The number of morpholine rings is 1. The van der Waals surface area contributed by atoms with Gasteiger partial charge in [-0.2, -0.15) is 4.98 Å². The molecule has 1 unspecified atom stereocenters. The van der Waals surface area contributed by atoms with E-state index < -0.39 is 0 Å². The number of fused-ring (bicyclic) bond motifs is 1. The fraction of sp³-hybridized carbons (Fsp3) is 0.393. The fourth-order valence-corrected chi connectivity index (χ4v) is 4.80. The molecule has 2 aliphatic heterocycles. The summed E-state index contributed by atoms with van der Waals surface area (Å²) in [6, 6.07) is 14.6. The average molecular weight is 491 g/mol. The molecule has 1 aromatic heterocycles. The third-order valence-corrected chi connectivity index (χ3v) is 6.87. The molecule has 0 spiro atoms. The molecule has 7 nitrogen and oxygen atoms in total. The van der Waals surface area contributed by atoms with Crippen LogP contribution in [-0.4, -0.2) is 53.6 Å². The zero-order valence-electron chi connectivity index (χ0n) is 20.7. The summed E-state index contributed by atoms with van der Waals surface area (Å²) in [4.78, 5) is 27.2. The number of aryl methyl sites for hydroxylation is 1. The molecule has 2 aromatic carbocycles. The number of halogens is 1. The Morgan fingerprint density at radius 1 is 1.11 bits per heavy atom. The minimum atomic E-state index is -0.288. The van der Waals surface area contributed by atoms with Crippen molar-refractivity contribution in [1.29, 1.82) is 0 Å². The highest BCUT2D eigenvalue weighted by Crippen LogP contribution is 2.34. The quantitative estimate of drug-likeness (QED) is 0.502. The van der Waals surface area contributed by atoms with Gasteiger partial charge in [-0.1, -0.05) is 37.3 Å². The number of hydrogen-bond donors (Lipinski definition) is 0. The lowest BCUT2D eigenvalue weighted by Crippen LogP contribution is -2.41. The van der Waals surface area contributed by atoms with Crippen molar-refractivity contribution in [2.45, 2.75) is 39.2 Å². The lowest BCUT2D eigenvalue weighted by atomic mass is 9.94. The molecule has 0 bridgehead atoms. The summed E-state index contributed by atoms with van der Waals surface area (Å²) in [6.45, 7) is 7.34. The fourth-order valence-electron chi connectivity index (χ4n) is 4.80. The lowest BCUT2D eigenvalue weighted by molar-refractivity contribution is -0.133. The minimum absolute atomic E-state index is 0.0928. The van der Waals surface area contributed by atoms with E-state index in [-0.39, 0.29) is 17.6 Å². The maximum Gasteiger partial charge on any atom is 0.230 e. The van der Waals surface area contributed by atoms with E-state index in [1.54, 1.807) is 19.1 Å². The van der Waals surface area contributed by atoms with Gasteiger partial charge in [0.1, 0.15) is 11.6 Å². The molecule has 1 fully saturated rings. The van der Waals surface area contributed by atoms with Gasteiger partial charge in [0, 0.05) is 26.1 Å². The Balaban J connectivity index is 1.47. The van der Waals surface area contributed by atoms with Crippen LogP contribution in [0.3, 0.4) is 0 Å². The predicted octanol–water partition coefficient (Wildman–Crippen LogP) is 4.63. The van der Waals surface area contributed by atoms with Crippen molar-refractivity contribution in [3.05, 3.63) is 76.7 Å². The summed E-state index contributed by atoms with van der Waals surface area (Å²) < 4.78 is 25.6. The van der Waals surface area contributed by atoms with Gasteiger partial charge in [0.05, 0.1) is 36.9 Å². The third-order valence-electron chi connectivity index (χ3n) is 6.87. The third kappa shape index (κ3) is 5.04. The first-order valence-corrected chi connectivity index (χ1v) is 12.5. The Kier molecular flexibility index (Phi) is 7.13. The van der Waals surface area contributed by atoms with Gasteiger partial charge in [-0.15, -0.1) is 0 Å². The van der Waals surface area contributed by atoms with Gasteiger partial charge in [-0.3, -0.25) is 4.79 Å². The molecular formula is C28H31FN4O3. The van der Waals surface area contributed by atoms with E-state index >= 15 is 0 Å². The topological polar surface area (TPSA) is 67.8 Å². The standard InChI is InChI=1S/C28H31FN4O3/c1-3-22(20-7-5-4-6-8-20)27(34)33-12-11-25-23(18-33)26(36-21-9-10-24(29)19(2)17-21)31-28(30-25)32-13-15-35-16-14-32/h4-10,17,22H,3,11-16,18H2,1-2H3. The van der Waals surface area contributed by atoms with E-state index in [1.807, 2.05) is 42.2 Å². The Hall–Kier alpha value is -3.52.